The lowest BCUT2D eigenvalue weighted by Gasteiger charge is -2.32. The Kier molecular flexibility index (Phi) is 17.7. The van der Waals surface area contributed by atoms with E-state index in [0.717, 1.165) is 23.4 Å². The number of aliphatic hydroxyl groups is 1. The van der Waals surface area contributed by atoms with Crippen molar-refractivity contribution in [3.8, 4) is 11.1 Å². The number of nitrogens with one attached hydrogen (secondary N) is 6. The van der Waals surface area contributed by atoms with Crippen molar-refractivity contribution in [2.24, 2.45) is 0 Å². The maximum absolute atomic E-state index is 14.8. The average Bonchev–Trinajstić information content (AvgIpc) is 3.70. The average molecular weight is 968 g/mol. The summed E-state index contributed by atoms with van der Waals surface area (Å²) in [5, 5.41) is 23.5. The Morgan fingerprint density at radius 2 is 1.73 bits per heavy atom. The molecule has 0 spiro atoms. The summed E-state index contributed by atoms with van der Waals surface area (Å²) in [6.45, 7) is 0.741. The number of benzene rings is 3. The number of hydrogen-bond acceptors (Lipinski definition) is 11. The maximum atomic E-state index is 14.8. The Bertz CT molecular complexity index is 2620. The molecule has 0 aliphatic carbocycles. The second kappa shape index (κ2) is 23.3. The number of hydrogen-bond donors (Lipinski definition) is 7. The van der Waals surface area contributed by atoms with Gasteiger partial charge in [0, 0.05) is 68.3 Å². The van der Waals surface area contributed by atoms with E-state index in [1.54, 1.807) is 42.7 Å². The Morgan fingerprint density at radius 3 is 2.47 bits per heavy atom. The van der Waals surface area contributed by atoms with E-state index >= 15 is 0 Å². The number of aromatic amines is 1. The normalized spacial score (nSPS) is 17.8. The fraction of sp³-hybridized carbons (Fsp3) is 0.370. The summed E-state index contributed by atoms with van der Waals surface area (Å²) in [5.41, 5.74) is 4.00. The Morgan fingerprint density at radius 1 is 0.970 bits per heavy atom. The molecular weight excluding hydrogens is 914 g/mol. The Hall–Kier alpha value is -5.44. The van der Waals surface area contributed by atoms with Gasteiger partial charge in [0.2, 0.25) is 23.6 Å². The van der Waals surface area contributed by atoms with Gasteiger partial charge in [0.1, 0.15) is 17.1 Å². The van der Waals surface area contributed by atoms with Gasteiger partial charge in [-0.3, -0.25) is 19.2 Å². The molecule has 3 atom stereocenters. The first-order chi connectivity index (χ1) is 31.7. The highest BCUT2D eigenvalue weighted by molar-refractivity contribution is 7.99. The van der Waals surface area contributed by atoms with E-state index in [4.69, 9.17) is 11.6 Å². The summed E-state index contributed by atoms with van der Waals surface area (Å²) in [5.74, 6) is -2.31. The lowest BCUT2D eigenvalue weighted by atomic mass is 9.98. The van der Waals surface area contributed by atoms with Gasteiger partial charge >= 0.3 is 0 Å². The Labute approximate surface area is 391 Å². The standard InChI is InChI=1S/C46H53ClF2N8O7S2/c1-28(59)56-66(63,64)32-16-14-29(15-17-32)33-18-19-36(47)42-35(33)26-54-44(61)40(23-31-25-52-37-11-4-3-10-34(31)37)57(2)46(62)39(12-5-6-20-50-27-41(48)49)55-43(60)38(13-8-22-58)53-24-30-9-7-21-51-45(30)65-42/h3-4,7,9-11,14-19,21,25,38-41,50,52-53,58H,5-6,8,12-13,20,22-24,26-27H2,1-2H3,(H,54,61)(H,55,60)(H,56,59)/t38-,39-,40-/m0/s1. The van der Waals surface area contributed by atoms with Crippen molar-refractivity contribution < 1.29 is 41.5 Å². The summed E-state index contributed by atoms with van der Waals surface area (Å²) in [6.07, 6.45) is 2.39. The maximum Gasteiger partial charge on any atom is 0.264 e. The highest BCUT2D eigenvalue weighted by Gasteiger charge is 2.34. The fourth-order valence-electron chi connectivity index (χ4n) is 7.77. The van der Waals surface area contributed by atoms with E-state index in [1.165, 1.54) is 35.8 Å². The number of H-pyrrole nitrogens is 1. The Balaban J connectivity index is 1.45. The lowest BCUT2D eigenvalue weighted by molar-refractivity contribution is -0.142. The number of likely N-dealkylation sites (N-methyl/N-ethyl adjacent to an activating group) is 1. The fourth-order valence-corrected chi connectivity index (χ4v) is 10.1. The minimum atomic E-state index is -4.14. The molecule has 0 saturated carbocycles. The van der Waals surface area contributed by atoms with Crippen LogP contribution in [-0.2, 0) is 48.7 Å². The number of aliphatic hydroxyl groups excluding tert-OH is 1. The van der Waals surface area contributed by atoms with Crippen LogP contribution in [0.2, 0.25) is 5.02 Å². The second-order valence-electron chi connectivity index (χ2n) is 15.9. The SMILES string of the molecule is CC(=O)NS(=O)(=O)c1ccc(-c2ccc(Cl)c3c2CNC(=O)[C@H](Cc2c[nH]c4ccccc24)N(C)C(=O)[C@H](CCCCNCC(F)F)NC(=O)[C@H](CCCO)NCc2cccnc2S3)cc1. The highest BCUT2D eigenvalue weighted by atomic mass is 35.5. The van der Waals surface area contributed by atoms with Crippen molar-refractivity contribution in [1.82, 2.24) is 40.9 Å². The third kappa shape index (κ3) is 12.9. The molecule has 15 nitrogen and oxygen atoms in total. The molecule has 3 heterocycles. The predicted molar refractivity (Wildman–Crippen MR) is 248 cm³/mol. The number of aromatic nitrogens is 2. The van der Waals surface area contributed by atoms with Crippen LogP contribution in [0.5, 0.6) is 0 Å². The molecule has 20 heteroatoms. The zero-order valence-corrected chi connectivity index (χ0v) is 38.8. The molecule has 0 fully saturated rings. The molecule has 2 aromatic heterocycles. The van der Waals surface area contributed by atoms with Gasteiger partial charge in [-0.15, -0.1) is 0 Å². The van der Waals surface area contributed by atoms with Crippen molar-refractivity contribution in [1.29, 1.82) is 0 Å². The zero-order valence-electron chi connectivity index (χ0n) is 36.4. The van der Waals surface area contributed by atoms with Crippen molar-refractivity contribution >= 4 is 67.9 Å². The zero-order chi connectivity index (χ0) is 47.4. The van der Waals surface area contributed by atoms with Crippen LogP contribution >= 0.6 is 23.4 Å². The van der Waals surface area contributed by atoms with Crippen molar-refractivity contribution in [3.05, 3.63) is 107 Å². The van der Waals surface area contributed by atoms with Crippen LogP contribution in [0.3, 0.4) is 0 Å². The number of sulfonamides is 1. The van der Waals surface area contributed by atoms with E-state index in [1.807, 2.05) is 35.1 Å². The molecule has 0 bridgehead atoms. The van der Waals surface area contributed by atoms with Crippen molar-refractivity contribution in [3.63, 3.8) is 0 Å². The van der Waals surface area contributed by atoms with Gasteiger partial charge in [0.15, 0.2) is 0 Å². The van der Waals surface area contributed by atoms with Gasteiger partial charge in [-0.1, -0.05) is 65.8 Å². The second-order valence-corrected chi connectivity index (χ2v) is 18.9. The molecule has 0 unspecified atom stereocenters. The first kappa shape index (κ1) is 50.0. The summed E-state index contributed by atoms with van der Waals surface area (Å²) < 4.78 is 53.3. The summed E-state index contributed by atoms with van der Waals surface area (Å²) in [7, 11) is -2.64. The van der Waals surface area contributed by atoms with Crippen LogP contribution in [-0.4, -0.2) is 103 Å². The number of pyridine rings is 1. The largest absolute Gasteiger partial charge is 0.396 e. The third-order valence-corrected chi connectivity index (χ3v) is 14.3. The van der Waals surface area contributed by atoms with Crippen molar-refractivity contribution in [2.75, 3.05) is 26.7 Å². The quantitative estimate of drug-likeness (QED) is 0.0669. The molecule has 7 N–H and O–H groups in total. The van der Waals surface area contributed by atoms with Gasteiger partial charge in [0.25, 0.3) is 16.4 Å². The molecule has 66 heavy (non-hydrogen) atoms. The minimum absolute atomic E-state index is 0.0719. The molecule has 0 radical (unpaired) electrons. The predicted octanol–water partition coefficient (Wildman–Crippen LogP) is 5.30. The van der Waals surface area contributed by atoms with Gasteiger partial charge < -0.3 is 36.3 Å². The van der Waals surface area contributed by atoms with Crippen LogP contribution in [0.1, 0.15) is 55.7 Å². The van der Waals surface area contributed by atoms with Crippen molar-refractivity contribution in [2.45, 2.75) is 97.9 Å². The molecule has 6 rings (SSSR count). The minimum Gasteiger partial charge on any atom is -0.396 e. The molecule has 352 valence electrons. The molecule has 0 saturated heterocycles. The van der Waals surface area contributed by atoms with E-state index in [0.29, 0.717) is 50.0 Å². The molecule has 4 amide bonds. The van der Waals surface area contributed by atoms with Gasteiger partial charge in [-0.2, -0.15) is 0 Å². The number of unbranched alkanes of at least 4 members (excludes halogenated alkanes) is 1. The first-order valence-electron chi connectivity index (χ1n) is 21.5. The number of halogens is 3. The van der Waals surface area contributed by atoms with E-state index in [9.17, 15) is 41.5 Å². The summed E-state index contributed by atoms with van der Waals surface area (Å²) >= 11 is 8.25. The van der Waals surface area contributed by atoms with Crippen LogP contribution in [0.4, 0.5) is 8.78 Å². The van der Waals surface area contributed by atoms with Gasteiger partial charge in [-0.25, -0.2) is 26.9 Å². The number of carbonyl (C=O) groups excluding carboxylic acids is 4. The molecule has 3 aromatic carbocycles. The van der Waals surface area contributed by atoms with E-state index < -0.39 is 64.7 Å². The number of carbonyl (C=O) groups is 4. The smallest absolute Gasteiger partial charge is 0.264 e. The number of fused-ring (bicyclic) bond motifs is 3. The monoisotopic (exact) mass is 966 g/mol. The number of nitrogens with zero attached hydrogens (tertiary/aromatic N) is 2. The molecule has 5 aromatic rings. The van der Waals surface area contributed by atoms with Crippen LogP contribution in [0.25, 0.3) is 22.0 Å². The van der Waals surface area contributed by atoms with Crippen LogP contribution < -0.4 is 26.0 Å². The third-order valence-electron chi connectivity index (χ3n) is 11.2. The van der Waals surface area contributed by atoms with Gasteiger partial charge in [0.05, 0.1) is 22.5 Å². The lowest BCUT2D eigenvalue weighted by Crippen LogP contribution is -2.57. The summed E-state index contributed by atoms with van der Waals surface area (Å²) in [4.78, 5) is 65.1. The number of rotatable bonds is 15. The number of amides is 4. The number of alkyl halides is 2. The molecule has 1 aliphatic heterocycles. The van der Waals surface area contributed by atoms with E-state index in [2.05, 4.69) is 31.2 Å². The van der Waals surface area contributed by atoms with Gasteiger partial charge in [-0.05, 0) is 96.8 Å². The highest BCUT2D eigenvalue weighted by Crippen LogP contribution is 2.41. The molecular formula is C46H53ClF2N8O7S2. The van der Waals surface area contributed by atoms with E-state index in [-0.39, 0.29) is 56.8 Å². The summed E-state index contributed by atoms with van der Waals surface area (Å²) in [6, 6.07) is 17.4. The van der Waals surface area contributed by atoms with Crippen LogP contribution in [0.15, 0.2) is 100 Å². The number of para-hydroxylation sites is 1. The molecule has 1 aliphatic rings. The van der Waals surface area contributed by atoms with Crippen LogP contribution in [0, 0.1) is 0 Å². The topological polar surface area (TPSA) is 215 Å². The first-order valence-corrected chi connectivity index (χ1v) is 24.1.